The lowest BCUT2D eigenvalue weighted by Crippen LogP contribution is -2.32. The maximum absolute atomic E-state index is 12.7. The van der Waals surface area contributed by atoms with Gasteiger partial charge in [-0.1, -0.05) is 6.07 Å². The van der Waals surface area contributed by atoms with Gasteiger partial charge in [0, 0.05) is 0 Å². The molecule has 4 rings (SSSR count). The molecule has 1 aromatic carbocycles. The number of aryl methyl sites for hydroxylation is 2. The molecule has 0 aliphatic heterocycles. The average molecular weight is 420 g/mol. The summed E-state index contributed by atoms with van der Waals surface area (Å²) in [6.45, 7) is 3.20. The molecule has 5 nitrogen and oxygen atoms in total. The summed E-state index contributed by atoms with van der Waals surface area (Å²) < 4.78 is 27.5. The predicted molar refractivity (Wildman–Crippen MR) is 109 cm³/mol. The summed E-state index contributed by atoms with van der Waals surface area (Å²) in [7, 11) is -3.94. The molecule has 0 unspecified atom stereocenters. The van der Waals surface area contributed by atoms with Crippen LogP contribution in [0.4, 0.5) is 0 Å². The Morgan fingerprint density at radius 3 is 2.25 bits per heavy atom. The van der Waals surface area contributed by atoms with Gasteiger partial charge in [0.2, 0.25) is 5.91 Å². The summed E-state index contributed by atoms with van der Waals surface area (Å²) in [5, 5.41) is 11.7. The number of nitrogens with one attached hydrogen (secondary N) is 1. The van der Waals surface area contributed by atoms with E-state index in [2.05, 4.69) is 10.8 Å². The van der Waals surface area contributed by atoms with Crippen molar-refractivity contribution in [2.45, 2.75) is 68.6 Å². The minimum atomic E-state index is -3.94. The number of sulfonamides is 1. The molecule has 2 aliphatic rings. The van der Waals surface area contributed by atoms with Crippen LogP contribution >= 0.6 is 11.3 Å². The molecule has 0 radical (unpaired) electrons. The molecule has 7 heteroatoms. The number of thiophene rings is 1. The van der Waals surface area contributed by atoms with Crippen LogP contribution in [0.2, 0.25) is 0 Å². The number of aliphatic hydroxyl groups is 1. The van der Waals surface area contributed by atoms with Crippen LogP contribution in [0, 0.1) is 0 Å². The van der Waals surface area contributed by atoms with Gasteiger partial charge < -0.3 is 5.11 Å². The lowest BCUT2D eigenvalue weighted by molar-refractivity contribution is -0.118. The van der Waals surface area contributed by atoms with Crippen molar-refractivity contribution < 1.29 is 18.3 Å². The van der Waals surface area contributed by atoms with E-state index < -0.39 is 21.5 Å². The van der Waals surface area contributed by atoms with E-state index in [4.69, 9.17) is 0 Å². The zero-order chi connectivity index (χ0) is 20.1. The van der Waals surface area contributed by atoms with Crippen LogP contribution in [0.25, 0.3) is 0 Å². The number of amides is 1. The number of carbonyl (C=O) groups excluding carboxylic acids is 1. The smallest absolute Gasteiger partial charge is 0.273 e. The number of carbonyl (C=O) groups is 1. The van der Waals surface area contributed by atoms with Gasteiger partial charge in [0.1, 0.15) is 4.21 Å². The predicted octanol–water partition coefficient (Wildman–Crippen LogP) is 3.00. The lowest BCUT2D eigenvalue weighted by Gasteiger charge is -2.15. The van der Waals surface area contributed by atoms with Gasteiger partial charge in [-0.25, -0.2) is 13.1 Å². The van der Waals surface area contributed by atoms with Crippen LogP contribution in [0.1, 0.15) is 60.1 Å². The Morgan fingerprint density at radius 2 is 1.71 bits per heavy atom. The van der Waals surface area contributed by atoms with Crippen molar-refractivity contribution in [1.29, 1.82) is 0 Å². The molecule has 0 bridgehead atoms. The van der Waals surface area contributed by atoms with Gasteiger partial charge in [0.05, 0.1) is 12.0 Å². The monoisotopic (exact) mass is 419 g/mol. The molecule has 1 amide bonds. The zero-order valence-electron chi connectivity index (χ0n) is 16.2. The number of rotatable bonds is 5. The quantitative estimate of drug-likeness (QED) is 0.780. The first-order chi connectivity index (χ1) is 13.1. The van der Waals surface area contributed by atoms with Crippen LogP contribution in [-0.4, -0.2) is 19.4 Å². The van der Waals surface area contributed by atoms with E-state index >= 15 is 0 Å². The summed E-state index contributed by atoms with van der Waals surface area (Å²) in [5.41, 5.74) is 5.63. The first-order valence-electron chi connectivity index (χ1n) is 9.67. The Labute approximate surface area is 169 Å². The van der Waals surface area contributed by atoms with Gasteiger partial charge in [-0.05, 0) is 97.2 Å². The van der Waals surface area contributed by atoms with Crippen LogP contribution in [-0.2, 0) is 52.5 Å². The SMILES string of the molecule is CC(C)(O)c1csc(S(=O)(=O)NC(=O)Cc2c3c(cc4c2CCC4)CCC3)c1. The minimum absolute atomic E-state index is 0.0431. The second kappa shape index (κ2) is 6.97. The van der Waals surface area contributed by atoms with Crippen LogP contribution in [0.15, 0.2) is 21.7 Å². The first-order valence-corrected chi connectivity index (χ1v) is 12.0. The Bertz CT molecular complexity index is 1010. The molecular weight excluding hydrogens is 394 g/mol. The Morgan fingerprint density at radius 1 is 1.11 bits per heavy atom. The van der Waals surface area contributed by atoms with Gasteiger partial charge in [-0.15, -0.1) is 11.3 Å². The van der Waals surface area contributed by atoms with E-state index in [0.29, 0.717) is 5.56 Å². The molecule has 28 heavy (non-hydrogen) atoms. The maximum Gasteiger partial charge on any atom is 0.273 e. The molecule has 0 saturated heterocycles. The first kappa shape index (κ1) is 19.6. The lowest BCUT2D eigenvalue weighted by atomic mass is 9.92. The highest BCUT2D eigenvalue weighted by atomic mass is 32.2. The molecule has 0 saturated carbocycles. The van der Waals surface area contributed by atoms with Crippen molar-refractivity contribution in [2.75, 3.05) is 0 Å². The molecule has 2 N–H and O–H groups in total. The highest BCUT2D eigenvalue weighted by Gasteiger charge is 2.28. The van der Waals surface area contributed by atoms with Crippen molar-refractivity contribution in [3.05, 3.63) is 50.9 Å². The molecule has 2 aliphatic carbocycles. The van der Waals surface area contributed by atoms with E-state index in [1.807, 2.05) is 0 Å². The van der Waals surface area contributed by atoms with Gasteiger partial charge in [-0.3, -0.25) is 4.79 Å². The fourth-order valence-electron chi connectivity index (χ4n) is 4.32. The molecule has 0 fully saturated rings. The standard InChI is InChI=1S/C21H25NO4S2/c1-21(2,24)15-10-20(27-12-15)28(25,26)22-19(23)11-18-16-7-3-5-13(16)9-14-6-4-8-17(14)18/h9-10,12,24H,3-8,11H2,1-2H3,(H,22,23). The molecule has 0 atom stereocenters. The van der Waals surface area contributed by atoms with Crippen molar-refractivity contribution in [1.82, 2.24) is 4.72 Å². The molecule has 2 aromatic rings. The third kappa shape index (κ3) is 3.63. The van der Waals surface area contributed by atoms with Gasteiger partial charge in [-0.2, -0.15) is 0 Å². The van der Waals surface area contributed by atoms with E-state index in [9.17, 15) is 18.3 Å². The second-order valence-electron chi connectivity index (χ2n) is 8.26. The van der Waals surface area contributed by atoms with E-state index in [1.165, 1.54) is 28.3 Å². The van der Waals surface area contributed by atoms with E-state index in [-0.39, 0.29) is 10.6 Å². The van der Waals surface area contributed by atoms with Crippen molar-refractivity contribution in [2.24, 2.45) is 0 Å². The molecular formula is C21H25NO4S2. The van der Waals surface area contributed by atoms with Crippen LogP contribution in [0.5, 0.6) is 0 Å². The normalized spacial score (nSPS) is 16.1. The fourth-order valence-corrected chi connectivity index (χ4v) is 6.65. The topological polar surface area (TPSA) is 83.5 Å². The highest BCUT2D eigenvalue weighted by Crippen LogP contribution is 2.35. The Kier molecular flexibility index (Phi) is 4.88. The number of fused-ring (bicyclic) bond motifs is 2. The third-order valence-electron chi connectivity index (χ3n) is 5.73. The maximum atomic E-state index is 12.7. The van der Waals surface area contributed by atoms with E-state index in [0.717, 1.165) is 55.4 Å². The number of hydrogen-bond donors (Lipinski definition) is 2. The van der Waals surface area contributed by atoms with Gasteiger partial charge >= 0.3 is 0 Å². The Balaban J connectivity index is 1.56. The van der Waals surface area contributed by atoms with Crippen molar-refractivity contribution in [3.8, 4) is 0 Å². The second-order valence-corrected chi connectivity index (χ2v) is 11.1. The minimum Gasteiger partial charge on any atom is -0.386 e. The largest absolute Gasteiger partial charge is 0.386 e. The average Bonchev–Trinajstić information content (AvgIpc) is 3.33. The number of hydrogen-bond acceptors (Lipinski definition) is 5. The number of benzene rings is 1. The molecule has 150 valence electrons. The van der Waals surface area contributed by atoms with Gasteiger partial charge in [0.15, 0.2) is 0 Å². The summed E-state index contributed by atoms with van der Waals surface area (Å²) in [5.74, 6) is -0.493. The highest BCUT2D eigenvalue weighted by molar-refractivity contribution is 7.92. The summed E-state index contributed by atoms with van der Waals surface area (Å²) >= 11 is 1.01. The summed E-state index contributed by atoms with van der Waals surface area (Å²) in [6.07, 6.45) is 6.33. The molecule has 1 aromatic heterocycles. The fraction of sp³-hybridized carbons (Fsp3) is 0.476. The van der Waals surface area contributed by atoms with Crippen LogP contribution < -0.4 is 4.72 Å². The molecule has 0 spiro atoms. The summed E-state index contributed by atoms with van der Waals surface area (Å²) in [6, 6.07) is 3.73. The van der Waals surface area contributed by atoms with Crippen LogP contribution in [0.3, 0.4) is 0 Å². The molecule has 1 heterocycles. The van der Waals surface area contributed by atoms with Crippen molar-refractivity contribution >= 4 is 27.3 Å². The third-order valence-corrected chi connectivity index (χ3v) is 8.54. The van der Waals surface area contributed by atoms with Crippen molar-refractivity contribution in [3.63, 3.8) is 0 Å². The summed E-state index contributed by atoms with van der Waals surface area (Å²) in [4.78, 5) is 12.7. The van der Waals surface area contributed by atoms with Gasteiger partial charge in [0.25, 0.3) is 10.0 Å². The van der Waals surface area contributed by atoms with E-state index in [1.54, 1.807) is 19.2 Å². The zero-order valence-corrected chi connectivity index (χ0v) is 17.8. The Hall–Kier alpha value is -1.70.